The van der Waals surface area contributed by atoms with Gasteiger partial charge in [-0.2, -0.15) is 0 Å². The van der Waals surface area contributed by atoms with Gasteiger partial charge < -0.3 is 10.4 Å². The lowest BCUT2D eigenvalue weighted by atomic mass is 10.1. The van der Waals surface area contributed by atoms with Crippen LogP contribution in [0.1, 0.15) is 27.2 Å². The third kappa shape index (κ3) is 5.13. The van der Waals surface area contributed by atoms with Crippen LogP contribution < -0.4 is 10.6 Å². The van der Waals surface area contributed by atoms with Gasteiger partial charge >= 0.3 is 12.0 Å². The maximum absolute atomic E-state index is 11.7. The second-order valence-corrected chi connectivity index (χ2v) is 4.02. The Morgan fingerprint density at radius 3 is 2.22 bits per heavy atom. The lowest BCUT2D eigenvalue weighted by molar-refractivity contribution is -0.139. The van der Waals surface area contributed by atoms with Crippen molar-refractivity contribution < 1.29 is 19.5 Å². The van der Waals surface area contributed by atoms with E-state index in [0.717, 1.165) is 0 Å². The number of nitrogens with one attached hydrogen (secondary N) is 2. The van der Waals surface area contributed by atoms with E-state index in [9.17, 15) is 14.4 Å². The molecule has 104 valence electrons. The Bertz CT molecular complexity index is 319. The first-order valence-electron chi connectivity index (χ1n) is 5.83. The molecule has 0 aromatic heterocycles. The van der Waals surface area contributed by atoms with Crippen molar-refractivity contribution in [3.63, 3.8) is 0 Å². The number of amides is 3. The number of aliphatic carboxylic acids is 1. The molecule has 0 aromatic rings. The summed E-state index contributed by atoms with van der Waals surface area (Å²) in [6.07, 6.45) is -0.0502. The molecule has 0 bridgehead atoms. The average molecular weight is 259 g/mol. The summed E-state index contributed by atoms with van der Waals surface area (Å²) in [4.78, 5) is 35.2. The number of carbonyl (C=O) groups is 3. The van der Waals surface area contributed by atoms with E-state index in [0.29, 0.717) is 6.54 Å². The monoisotopic (exact) mass is 259 g/mol. The first-order valence-corrected chi connectivity index (χ1v) is 5.83. The molecule has 7 heteroatoms. The minimum atomic E-state index is -0.917. The molecule has 0 aliphatic heterocycles. The standard InChI is InChI=1S/C11H21N3O4/c1-5-14(7(2)6-9(15)16)8(3)10(17)13-11(18)12-4/h7-8H,5-6H2,1-4H3,(H,15,16)(H2,12,13,17,18). The first-order chi connectivity index (χ1) is 8.33. The van der Waals surface area contributed by atoms with E-state index in [-0.39, 0.29) is 12.5 Å². The molecule has 3 amide bonds. The molecule has 0 saturated carbocycles. The van der Waals surface area contributed by atoms with E-state index in [1.807, 2.05) is 6.92 Å². The normalized spacial score (nSPS) is 13.8. The zero-order valence-electron chi connectivity index (χ0n) is 11.2. The number of likely N-dealkylation sites (N-methyl/N-ethyl adjacent to an activating group) is 1. The third-order valence-electron chi connectivity index (χ3n) is 2.74. The molecule has 2 atom stereocenters. The molecule has 0 heterocycles. The molecule has 0 rings (SSSR count). The van der Waals surface area contributed by atoms with Crippen LogP contribution in [0.3, 0.4) is 0 Å². The van der Waals surface area contributed by atoms with E-state index in [1.54, 1.807) is 18.7 Å². The fourth-order valence-electron chi connectivity index (χ4n) is 1.77. The zero-order chi connectivity index (χ0) is 14.3. The fourth-order valence-corrected chi connectivity index (χ4v) is 1.77. The van der Waals surface area contributed by atoms with Crippen molar-refractivity contribution in [3.05, 3.63) is 0 Å². The highest BCUT2D eigenvalue weighted by Gasteiger charge is 2.26. The van der Waals surface area contributed by atoms with Gasteiger partial charge in [0, 0.05) is 13.1 Å². The highest BCUT2D eigenvalue weighted by molar-refractivity contribution is 5.96. The second-order valence-electron chi connectivity index (χ2n) is 4.02. The lowest BCUT2D eigenvalue weighted by Crippen LogP contribution is -2.51. The molecule has 0 spiro atoms. The molecule has 18 heavy (non-hydrogen) atoms. The van der Waals surface area contributed by atoms with Crippen molar-refractivity contribution in [2.45, 2.75) is 39.3 Å². The fraction of sp³-hybridized carbons (Fsp3) is 0.727. The van der Waals surface area contributed by atoms with Crippen molar-refractivity contribution in [2.24, 2.45) is 0 Å². The van der Waals surface area contributed by atoms with Gasteiger partial charge in [-0.3, -0.25) is 19.8 Å². The number of nitrogens with zero attached hydrogens (tertiary/aromatic N) is 1. The van der Waals surface area contributed by atoms with E-state index < -0.39 is 23.9 Å². The van der Waals surface area contributed by atoms with Crippen LogP contribution in [-0.2, 0) is 9.59 Å². The van der Waals surface area contributed by atoms with Crippen molar-refractivity contribution in [2.75, 3.05) is 13.6 Å². The largest absolute Gasteiger partial charge is 0.481 e. The second kappa shape index (κ2) is 7.65. The molecule has 0 radical (unpaired) electrons. The summed E-state index contributed by atoms with van der Waals surface area (Å²) in [5.41, 5.74) is 0. The van der Waals surface area contributed by atoms with Crippen molar-refractivity contribution in [1.82, 2.24) is 15.5 Å². The Kier molecular flexibility index (Phi) is 6.96. The molecule has 0 aliphatic carbocycles. The molecule has 0 fully saturated rings. The number of imide groups is 1. The Balaban J connectivity index is 4.59. The van der Waals surface area contributed by atoms with E-state index in [2.05, 4.69) is 10.6 Å². The number of rotatable bonds is 6. The SMILES string of the molecule is CCN(C(C)CC(=O)O)C(C)C(=O)NC(=O)NC. The number of hydrogen-bond acceptors (Lipinski definition) is 4. The molecular weight excluding hydrogens is 238 g/mol. The van der Waals surface area contributed by atoms with Crippen LogP contribution in [0.25, 0.3) is 0 Å². The van der Waals surface area contributed by atoms with Crippen LogP contribution in [0.5, 0.6) is 0 Å². The van der Waals surface area contributed by atoms with Gasteiger partial charge in [-0.15, -0.1) is 0 Å². The average Bonchev–Trinajstić information content (AvgIpc) is 2.28. The van der Waals surface area contributed by atoms with Crippen LogP contribution in [0.15, 0.2) is 0 Å². The smallest absolute Gasteiger partial charge is 0.321 e. The Morgan fingerprint density at radius 1 is 1.28 bits per heavy atom. The number of hydrogen-bond donors (Lipinski definition) is 3. The Morgan fingerprint density at radius 2 is 1.83 bits per heavy atom. The van der Waals surface area contributed by atoms with Gasteiger partial charge in [0.15, 0.2) is 0 Å². The summed E-state index contributed by atoms with van der Waals surface area (Å²) in [6, 6.07) is -1.42. The first kappa shape index (κ1) is 16.4. The van der Waals surface area contributed by atoms with E-state index in [1.165, 1.54) is 7.05 Å². The Hall–Kier alpha value is -1.63. The maximum atomic E-state index is 11.7. The van der Waals surface area contributed by atoms with Gasteiger partial charge in [-0.1, -0.05) is 6.92 Å². The number of urea groups is 1. The molecule has 0 saturated heterocycles. The minimum absolute atomic E-state index is 0.0502. The molecule has 0 aliphatic rings. The van der Waals surface area contributed by atoms with Crippen LogP contribution >= 0.6 is 0 Å². The molecule has 3 N–H and O–H groups in total. The summed E-state index contributed by atoms with van der Waals surface area (Å²) in [7, 11) is 1.41. The molecular formula is C11H21N3O4. The van der Waals surface area contributed by atoms with Gasteiger partial charge in [0.05, 0.1) is 12.5 Å². The molecule has 0 aromatic carbocycles. The van der Waals surface area contributed by atoms with Crippen LogP contribution in [-0.4, -0.2) is 53.6 Å². The molecule has 2 unspecified atom stereocenters. The lowest BCUT2D eigenvalue weighted by Gasteiger charge is -2.31. The minimum Gasteiger partial charge on any atom is -0.481 e. The topological polar surface area (TPSA) is 98.7 Å². The summed E-state index contributed by atoms with van der Waals surface area (Å²) in [6.45, 7) is 5.74. The summed E-state index contributed by atoms with van der Waals surface area (Å²) in [5.74, 6) is -1.37. The Labute approximate surface area is 107 Å². The predicted octanol–water partition coefficient (Wildman–Crippen LogP) is 0.0156. The van der Waals surface area contributed by atoms with Crippen molar-refractivity contribution in [1.29, 1.82) is 0 Å². The quantitative estimate of drug-likeness (QED) is 0.624. The van der Waals surface area contributed by atoms with E-state index in [4.69, 9.17) is 5.11 Å². The molecule has 7 nitrogen and oxygen atoms in total. The predicted molar refractivity (Wildman–Crippen MR) is 66.2 cm³/mol. The maximum Gasteiger partial charge on any atom is 0.321 e. The third-order valence-corrected chi connectivity index (χ3v) is 2.74. The van der Waals surface area contributed by atoms with Gasteiger partial charge in [0.1, 0.15) is 0 Å². The van der Waals surface area contributed by atoms with Gasteiger partial charge in [0.25, 0.3) is 0 Å². The summed E-state index contributed by atoms with van der Waals surface area (Å²) in [5, 5.41) is 13.2. The van der Waals surface area contributed by atoms with E-state index >= 15 is 0 Å². The highest BCUT2D eigenvalue weighted by Crippen LogP contribution is 2.09. The zero-order valence-corrected chi connectivity index (χ0v) is 11.2. The highest BCUT2D eigenvalue weighted by atomic mass is 16.4. The summed E-state index contributed by atoms with van der Waals surface area (Å²) < 4.78 is 0. The van der Waals surface area contributed by atoms with Crippen molar-refractivity contribution >= 4 is 17.9 Å². The van der Waals surface area contributed by atoms with Crippen LogP contribution in [0.4, 0.5) is 4.79 Å². The van der Waals surface area contributed by atoms with Gasteiger partial charge in [0.2, 0.25) is 5.91 Å². The van der Waals surface area contributed by atoms with Crippen molar-refractivity contribution in [3.8, 4) is 0 Å². The van der Waals surface area contributed by atoms with Gasteiger partial charge in [-0.25, -0.2) is 4.79 Å². The summed E-state index contributed by atoms with van der Waals surface area (Å²) >= 11 is 0. The van der Waals surface area contributed by atoms with Crippen LogP contribution in [0.2, 0.25) is 0 Å². The number of carboxylic acids is 1. The van der Waals surface area contributed by atoms with Crippen LogP contribution in [0, 0.1) is 0 Å². The number of carbonyl (C=O) groups excluding carboxylic acids is 2. The number of carboxylic acid groups (broad SMARTS) is 1. The van der Waals surface area contributed by atoms with Gasteiger partial charge in [-0.05, 0) is 20.4 Å².